The third-order valence-electron chi connectivity index (χ3n) is 1.05. The Morgan fingerprint density at radius 2 is 2.25 bits per heavy atom. The minimum absolute atomic E-state index is 0.189. The molecule has 0 fully saturated rings. The lowest BCUT2D eigenvalue weighted by Gasteiger charge is -1.96. The first-order valence-corrected chi connectivity index (χ1v) is 3.70. The van der Waals surface area contributed by atoms with Gasteiger partial charge in [0.05, 0.1) is 0 Å². The molecule has 1 aromatic rings. The van der Waals surface area contributed by atoms with Crippen molar-refractivity contribution >= 4 is 11.6 Å². The van der Waals surface area contributed by atoms with Gasteiger partial charge in [0.1, 0.15) is 11.3 Å². The Labute approximate surface area is 75.7 Å². The molecule has 0 radical (unpaired) electrons. The molecule has 3 nitrogen and oxygen atoms in total. The number of ether oxygens (including phenoxy) is 1. The summed E-state index contributed by atoms with van der Waals surface area (Å²) in [5.74, 6) is 2.56. The van der Waals surface area contributed by atoms with Gasteiger partial charge in [-0.05, 0) is 13.0 Å². The van der Waals surface area contributed by atoms with Crippen molar-refractivity contribution in [3.8, 4) is 18.0 Å². The van der Waals surface area contributed by atoms with E-state index in [-0.39, 0.29) is 6.01 Å². The van der Waals surface area contributed by atoms with E-state index in [0.717, 1.165) is 5.69 Å². The Hall–Kier alpha value is -1.27. The van der Waals surface area contributed by atoms with Gasteiger partial charge >= 0.3 is 6.01 Å². The van der Waals surface area contributed by atoms with Crippen molar-refractivity contribution in [2.24, 2.45) is 0 Å². The maximum Gasteiger partial charge on any atom is 0.332 e. The molecular formula is C8H7ClN2O. The highest BCUT2D eigenvalue weighted by Gasteiger charge is 1.99. The number of rotatable bonds is 1. The van der Waals surface area contributed by atoms with E-state index in [1.807, 2.05) is 0 Å². The van der Waals surface area contributed by atoms with Crippen molar-refractivity contribution in [3.05, 3.63) is 16.9 Å². The van der Waals surface area contributed by atoms with E-state index in [2.05, 4.69) is 22.0 Å². The highest BCUT2D eigenvalue weighted by atomic mass is 35.5. The second kappa shape index (κ2) is 3.93. The molecule has 4 heteroatoms. The molecule has 0 unspecified atom stereocenters. The lowest BCUT2D eigenvalue weighted by atomic mass is 10.5. The molecule has 0 aliphatic rings. The van der Waals surface area contributed by atoms with Crippen molar-refractivity contribution in [2.75, 3.05) is 0 Å². The zero-order chi connectivity index (χ0) is 8.97. The summed E-state index contributed by atoms with van der Waals surface area (Å²) in [6.45, 7) is 3.47. The van der Waals surface area contributed by atoms with E-state index in [4.69, 9.17) is 16.3 Å². The molecule has 0 N–H and O–H groups in total. The number of nitrogens with zero attached hydrogens (tertiary/aromatic N) is 2. The molecule has 0 aliphatic heterocycles. The van der Waals surface area contributed by atoms with Gasteiger partial charge < -0.3 is 4.74 Å². The van der Waals surface area contributed by atoms with Crippen molar-refractivity contribution in [1.82, 2.24) is 9.97 Å². The third kappa shape index (κ3) is 2.40. The Morgan fingerprint density at radius 1 is 1.50 bits per heavy atom. The van der Waals surface area contributed by atoms with E-state index in [1.54, 1.807) is 19.9 Å². The van der Waals surface area contributed by atoms with Crippen LogP contribution >= 0.6 is 11.6 Å². The average molecular weight is 183 g/mol. The first kappa shape index (κ1) is 8.82. The van der Waals surface area contributed by atoms with Crippen LogP contribution < -0.4 is 4.74 Å². The molecule has 0 bridgehead atoms. The van der Waals surface area contributed by atoms with Crippen LogP contribution in [0.4, 0.5) is 0 Å². The number of hydrogen-bond donors (Lipinski definition) is 0. The maximum absolute atomic E-state index is 5.65. The Bertz CT molecular complexity index is 320. The van der Waals surface area contributed by atoms with Crippen LogP contribution in [0.3, 0.4) is 0 Å². The van der Waals surface area contributed by atoms with Crippen LogP contribution in [0.5, 0.6) is 6.01 Å². The van der Waals surface area contributed by atoms with Crippen molar-refractivity contribution in [3.63, 3.8) is 0 Å². The Balaban J connectivity index is 2.90. The lowest BCUT2D eigenvalue weighted by Crippen LogP contribution is -1.93. The first-order chi connectivity index (χ1) is 5.72. The quantitative estimate of drug-likeness (QED) is 0.491. The highest BCUT2D eigenvalue weighted by molar-refractivity contribution is 6.29. The summed E-state index contributed by atoms with van der Waals surface area (Å²) >= 11 is 5.65. The number of hydrogen-bond acceptors (Lipinski definition) is 3. The lowest BCUT2D eigenvalue weighted by molar-refractivity contribution is 0.472. The first-order valence-electron chi connectivity index (χ1n) is 3.32. The fourth-order valence-electron chi connectivity index (χ4n) is 0.646. The maximum atomic E-state index is 5.65. The minimum atomic E-state index is 0.189. The highest BCUT2D eigenvalue weighted by Crippen LogP contribution is 2.10. The fourth-order valence-corrected chi connectivity index (χ4v) is 0.877. The third-order valence-corrected chi connectivity index (χ3v) is 1.24. The SMILES string of the molecule is CC#COc1nc(C)cc(Cl)n1. The van der Waals surface area contributed by atoms with Gasteiger partial charge in [-0.3, -0.25) is 0 Å². The molecule has 0 aliphatic carbocycles. The van der Waals surface area contributed by atoms with Crippen LogP contribution in [0.15, 0.2) is 6.07 Å². The Kier molecular flexibility index (Phi) is 2.89. The molecule has 1 rings (SSSR count). The van der Waals surface area contributed by atoms with E-state index in [1.165, 1.54) is 0 Å². The molecule has 1 aromatic heterocycles. The molecule has 0 aromatic carbocycles. The minimum Gasteiger partial charge on any atom is -0.370 e. The Morgan fingerprint density at radius 3 is 2.83 bits per heavy atom. The molecule has 0 atom stereocenters. The monoisotopic (exact) mass is 182 g/mol. The van der Waals surface area contributed by atoms with Crippen molar-refractivity contribution in [2.45, 2.75) is 13.8 Å². The van der Waals surface area contributed by atoms with Crippen molar-refractivity contribution in [1.29, 1.82) is 0 Å². The molecule has 62 valence electrons. The second-order valence-corrected chi connectivity index (χ2v) is 2.46. The second-order valence-electron chi connectivity index (χ2n) is 2.07. The van der Waals surface area contributed by atoms with Crippen LogP contribution in [-0.2, 0) is 0 Å². The van der Waals surface area contributed by atoms with Gasteiger partial charge in [-0.15, -0.1) is 0 Å². The van der Waals surface area contributed by atoms with Gasteiger partial charge in [0.15, 0.2) is 0 Å². The number of halogens is 1. The molecule has 12 heavy (non-hydrogen) atoms. The summed E-state index contributed by atoms with van der Waals surface area (Å²) in [6.07, 6.45) is 2.39. The summed E-state index contributed by atoms with van der Waals surface area (Å²) < 4.78 is 4.85. The average Bonchev–Trinajstić information content (AvgIpc) is 1.99. The van der Waals surface area contributed by atoms with Gasteiger partial charge in [0.25, 0.3) is 0 Å². The van der Waals surface area contributed by atoms with E-state index in [0.29, 0.717) is 5.15 Å². The zero-order valence-corrected chi connectivity index (χ0v) is 7.51. The molecular weight excluding hydrogens is 176 g/mol. The van der Waals surface area contributed by atoms with Crippen LogP contribution in [0.25, 0.3) is 0 Å². The molecule has 0 amide bonds. The summed E-state index contributed by atoms with van der Waals surface area (Å²) in [6, 6.07) is 1.84. The van der Waals surface area contributed by atoms with Gasteiger partial charge in [0.2, 0.25) is 0 Å². The molecule has 0 saturated heterocycles. The smallest absolute Gasteiger partial charge is 0.332 e. The van der Waals surface area contributed by atoms with Gasteiger partial charge in [-0.2, -0.15) is 9.97 Å². The number of aromatic nitrogens is 2. The van der Waals surface area contributed by atoms with E-state index in [9.17, 15) is 0 Å². The largest absolute Gasteiger partial charge is 0.370 e. The molecule has 1 heterocycles. The number of aryl methyl sites for hydroxylation is 1. The van der Waals surface area contributed by atoms with Crippen LogP contribution in [0, 0.1) is 19.0 Å². The van der Waals surface area contributed by atoms with Crippen LogP contribution in [0.2, 0.25) is 5.15 Å². The van der Waals surface area contributed by atoms with Crippen molar-refractivity contribution < 1.29 is 4.74 Å². The van der Waals surface area contributed by atoms with Crippen LogP contribution in [0.1, 0.15) is 12.6 Å². The fraction of sp³-hybridized carbons (Fsp3) is 0.250. The van der Waals surface area contributed by atoms with Gasteiger partial charge in [0, 0.05) is 12.6 Å². The molecule has 0 saturated carbocycles. The summed E-state index contributed by atoms with van der Waals surface area (Å²) in [5.41, 5.74) is 0.753. The summed E-state index contributed by atoms with van der Waals surface area (Å²) in [4.78, 5) is 7.75. The standard InChI is InChI=1S/C8H7ClN2O/c1-3-4-12-8-10-6(2)5-7(9)11-8/h5H,1-2H3. The van der Waals surface area contributed by atoms with Gasteiger partial charge in [-0.25, -0.2) is 0 Å². The van der Waals surface area contributed by atoms with Gasteiger partial charge in [-0.1, -0.05) is 17.5 Å². The zero-order valence-electron chi connectivity index (χ0n) is 6.76. The molecule has 0 spiro atoms. The van der Waals surface area contributed by atoms with E-state index >= 15 is 0 Å². The summed E-state index contributed by atoms with van der Waals surface area (Å²) in [5, 5.41) is 0.357. The predicted molar refractivity (Wildman–Crippen MR) is 45.9 cm³/mol. The van der Waals surface area contributed by atoms with E-state index < -0.39 is 0 Å². The van der Waals surface area contributed by atoms with Crippen LogP contribution in [-0.4, -0.2) is 9.97 Å². The topological polar surface area (TPSA) is 35.0 Å². The summed E-state index contributed by atoms with van der Waals surface area (Å²) in [7, 11) is 0. The normalized spacial score (nSPS) is 8.58. The predicted octanol–water partition coefficient (Wildman–Crippen LogP) is 1.80.